The van der Waals surface area contributed by atoms with Gasteiger partial charge in [-0.1, -0.05) is 17.7 Å². The van der Waals surface area contributed by atoms with Crippen molar-refractivity contribution < 1.29 is 14.5 Å². The molecule has 2 aromatic rings. The third-order valence-electron chi connectivity index (χ3n) is 3.27. The van der Waals surface area contributed by atoms with E-state index in [0.29, 0.717) is 22.0 Å². The summed E-state index contributed by atoms with van der Waals surface area (Å²) in [6.07, 6.45) is 0. The van der Waals surface area contributed by atoms with Crippen molar-refractivity contribution in [3.8, 4) is 5.75 Å². The second-order valence-corrected chi connectivity index (χ2v) is 5.39. The predicted molar refractivity (Wildman–Crippen MR) is 88.1 cm³/mol. The van der Waals surface area contributed by atoms with Gasteiger partial charge >= 0.3 is 0 Å². The van der Waals surface area contributed by atoms with E-state index < -0.39 is 10.8 Å². The van der Waals surface area contributed by atoms with E-state index in [0.717, 1.165) is 5.56 Å². The van der Waals surface area contributed by atoms with Gasteiger partial charge in [-0.2, -0.15) is 0 Å². The van der Waals surface area contributed by atoms with Crippen LogP contribution in [0.3, 0.4) is 0 Å². The van der Waals surface area contributed by atoms with Crippen molar-refractivity contribution in [2.75, 3.05) is 11.9 Å². The Bertz CT molecular complexity index is 762. The summed E-state index contributed by atoms with van der Waals surface area (Å²) in [5.41, 5.74) is 1.56. The van der Waals surface area contributed by atoms with Crippen LogP contribution < -0.4 is 10.1 Å². The van der Waals surface area contributed by atoms with Crippen LogP contribution in [-0.2, 0) is 4.79 Å². The SMILES string of the molecule is Cc1cc(Cl)ccc1OCC(=O)Nc1cccc([N+](=O)[O-])c1C. The lowest BCUT2D eigenvalue weighted by Gasteiger charge is -2.11. The van der Waals surface area contributed by atoms with E-state index in [-0.39, 0.29) is 12.3 Å². The number of ether oxygens (including phenoxy) is 1. The van der Waals surface area contributed by atoms with E-state index in [1.165, 1.54) is 12.1 Å². The van der Waals surface area contributed by atoms with Crippen molar-refractivity contribution >= 4 is 28.9 Å². The number of carbonyl (C=O) groups excluding carboxylic acids is 1. The zero-order valence-electron chi connectivity index (χ0n) is 12.6. The van der Waals surface area contributed by atoms with Crippen LogP contribution in [0, 0.1) is 24.0 Å². The Morgan fingerprint density at radius 3 is 2.70 bits per heavy atom. The first-order chi connectivity index (χ1) is 10.9. The number of halogens is 1. The number of hydrogen-bond acceptors (Lipinski definition) is 4. The average Bonchev–Trinajstić information content (AvgIpc) is 2.48. The fourth-order valence-electron chi connectivity index (χ4n) is 2.06. The molecule has 0 heterocycles. The first-order valence-corrected chi connectivity index (χ1v) is 7.19. The van der Waals surface area contributed by atoms with E-state index in [1.54, 1.807) is 31.2 Å². The smallest absolute Gasteiger partial charge is 0.274 e. The Morgan fingerprint density at radius 1 is 1.30 bits per heavy atom. The monoisotopic (exact) mass is 334 g/mol. The molecule has 0 spiro atoms. The van der Waals surface area contributed by atoms with Gasteiger partial charge < -0.3 is 10.1 Å². The second-order valence-electron chi connectivity index (χ2n) is 4.95. The molecule has 0 saturated carbocycles. The van der Waals surface area contributed by atoms with Crippen LogP contribution >= 0.6 is 11.6 Å². The maximum Gasteiger partial charge on any atom is 0.274 e. The summed E-state index contributed by atoms with van der Waals surface area (Å²) < 4.78 is 5.44. The molecule has 2 rings (SSSR count). The topological polar surface area (TPSA) is 81.5 Å². The van der Waals surface area contributed by atoms with E-state index in [1.807, 2.05) is 6.92 Å². The van der Waals surface area contributed by atoms with Gasteiger partial charge in [-0.15, -0.1) is 0 Å². The van der Waals surface area contributed by atoms with Crippen LogP contribution in [-0.4, -0.2) is 17.4 Å². The van der Waals surface area contributed by atoms with Crippen LogP contribution in [0.25, 0.3) is 0 Å². The molecule has 0 aromatic heterocycles. The maximum absolute atomic E-state index is 12.0. The van der Waals surface area contributed by atoms with Crippen LogP contribution in [0.2, 0.25) is 5.02 Å². The average molecular weight is 335 g/mol. The van der Waals surface area contributed by atoms with Crippen molar-refractivity contribution in [1.82, 2.24) is 0 Å². The molecule has 0 fully saturated rings. The number of anilines is 1. The summed E-state index contributed by atoms with van der Waals surface area (Å²) >= 11 is 5.85. The van der Waals surface area contributed by atoms with Crippen LogP contribution in [0.15, 0.2) is 36.4 Å². The van der Waals surface area contributed by atoms with Gasteiger partial charge in [-0.3, -0.25) is 14.9 Å². The minimum atomic E-state index is -0.488. The molecular weight excluding hydrogens is 320 g/mol. The lowest BCUT2D eigenvalue weighted by Crippen LogP contribution is -2.21. The predicted octanol–water partition coefficient (Wildman–Crippen LogP) is 3.88. The van der Waals surface area contributed by atoms with Crippen LogP contribution in [0.4, 0.5) is 11.4 Å². The van der Waals surface area contributed by atoms with E-state index in [2.05, 4.69) is 5.32 Å². The molecule has 120 valence electrons. The summed E-state index contributed by atoms with van der Waals surface area (Å²) in [6, 6.07) is 9.60. The van der Waals surface area contributed by atoms with E-state index in [4.69, 9.17) is 16.3 Å². The number of nitro benzene ring substituents is 1. The number of rotatable bonds is 5. The largest absolute Gasteiger partial charge is 0.483 e. The highest BCUT2D eigenvalue weighted by molar-refractivity contribution is 6.30. The number of amides is 1. The molecule has 7 heteroatoms. The summed E-state index contributed by atoms with van der Waals surface area (Å²) in [5.74, 6) is 0.156. The summed E-state index contributed by atoms with van der Waals surface area (Å²) in [4.78, 5) is 22.4. The number of hydrogen-bond donors (Lipinski definition) is 1. The highest BCUT2D eigenvalue weighted by Crippen LogP contribution is 2.25. The number of nitrogens with zero attached hydrogens (tertiary/aromatic N) is 1. The molecular formula is C16H15ClN2O4. The third-order valence-corrected chi connectivity index (χ3v) is 3.51. The molecule has 0 aliphatic rings. The van der Waals surface area contributed by atoms with E-state index >= 15 is 0 Å². The van der Waals surface area contributed by atoms with Crippen molar-refractivity contribution in [2.45, 2.75) is 13.8 Å². The zero-order valence-corrected chi connectivity index (χ0v) is 13.4. The Morgan fingerprint density at radius 2 is 2.04 bits per heavy atom. The molecule has 0 aliphatic carbocycles. The molecule has 1 N–H and O–H groups in total. The van der Waals surface area contributed by atoms with Crippen molar-refractivity contribution in [3.05, 3.63) is 62.7 Å². The first kappa shape index (κ1) is 16.8. The molecule has 1 amide bonds. The minimum Gasteiger partial charge on any atom is -0.483 e. The first-order valence-electron chi connectivity index (χ1n) is 6.81. The molecule has 0 bridgehead atoms. The number of nitro groups is 1. The third kappa shape index (κ3) is 4.20. The van der Waals surface area contributed by atoms with Gasteiger partial charge in [0.25, 0.3) is 11.6 Å². The highest BCUT2D eigenvalue weighted by atomic mass is 35.5. The quantitative estimate of drug-likeness (QED) is 0.664. The number of nitrogens with one attached hydrogen (secondary N) is 1. The van der Waals surface area contributed by atoms with Gasteiger partial charge in [-0.25, -0.2) is 0 Å². The normalized spacial score (nSPS) is 10.2. The van der Waals surface area contributed by atoms with Gasteiger partial charge in [0, 0.05) is 11.1 Å². The lowest BCUT2D eigenvalue weighted by molar-refractivity contribution is -0.385. The van der Waals surface area contributed by atoms with Crippen molar-refractivity contribution in [3.63, 3.8) is 0 Å². The van der Waals surface area contributed by atoms with Crippen molar-refractivity contribution in [2.24, 2.45) is 0 Å². The van der Waals surface area contributed by atoms with Gasteiger partial charge in [0.1, 0.15) is 5.75 Å². The summed E-state index contributed by atoms with van der Waals surface area (Å²) in [5, 5.41) is 14.1. The molecule has 0 aliphatic heterocycles. The Kier molecular flexibility index (Phi) is 5.18. The maximum atomic E-state index is 12.0. The standard InChI is InChI=1S/C16H15ClN2O4/c1-10-8-12(17)6-7-15(10)23-9-16(20)18-13-4-3-5-14(11(13)2)19(21)22/h3-8H,9H2,1-2H3,(H,18,20). The summed E-state index contributed by atoms with van der Waals surface area (Å²) in [7, 11) is 0. The van der Waals surface area contributed by atoms with Gasteiger partial charge in [0.05, 0.1) is 16.2 Å². The van der Waals surface area contributed by atoms with Crippen LogP contribution in [0.5, 0.6) is 5.75 Å². The van der Waals surface area contributed by atoms with Crippen LogP contribution in [0.1, 0.15) is 11.1 Å². The van der Waals surface area contributed by atoms with Crippen molar-refractivity contribution in [1.29, 1.82) is 0 Å². The fraction of sp³-hybridized carbons (Fsp3) is 0.188. The Labute approximate surface area is 138 Å². The second kappa shape index (κ2) is 7.11. The number of benzene rings is 2. The van der Waals surface area contributed by atoms with E-state index in [9.17, 15) is 14.9 Å². The fourth-order valence-corrected chi connectivity index (χ4v) is 2.29. The highest BCUT2D eigenvalue weighted by Gasteiger charge is 2.15. The Hall–Kier alpha value is -2.60. The zero-order chi connectivity index (χ0) is 17.0. The molecule has 0 radical (unpaired) electrons. The number of carbonyl (C=O) groups is 1. The molecule has 0 atom stereocenters. The van der Waals surface area contributed by atoms with Gasteiger partial charge in [0.15, 0.2) is 6.61 Å². The van der Waals surface area contributed by atoms with Gasteiger partial charge in [-0.05, 0) is 43.7 Å². The number of aryl methyl sites for hydroxylation is 1. The van der Waals surface area contributed by atoms with Gasteiger partial charge in [0.2, 0.25) is 0 Å². The minimum absolute atomic E-state index is 0.0442. The summed E-state index contributed by atoms with van der Waals surface area (Å²) in [6.45, 7) is 3.20. The molecule has 2 aromatic carbocycles. The molecule has 23 heavy (non-hydrogen) atoms. The molecule has 6 nitrogen and oxygen atoms in total. The Balaban J connectivity index is 2.03. The molecule has 0 saturated heterocycles. The lowest BCUT2D eigenvalue weighted by atomic mass is 10.1. The molecule has 0 unspecified atom stereocenters.